The normalized spacial score (nSPS) is 11.3. The number of aromatic nitrogens is 3. The fourth-order valence-corrected chi connectivity index (χ4v) is 3.61. The maximum absolute atomic E-state index is 12.2. The summed E-state index contributed by atoms with van der Waals surface area (Å²) in [6, 6.07) is 13.4. The molecule has 2 aromatic heterocycles. The number of aromatic amines is 1. The summed E-state index contributed by atoms with van der Waals surface area (Å²) >= 11 is 0. The van der Waals surface area contributed by atoms with E-state index in [2.05, 4.69) is 27.5 Å². The third-order valence-corrected chi connectivity index (χ3v) is 5.17. The number of carbonyl (C=O) groups excluding carboxylic acids is 1. The Bertz CT molecular complexity index is 1130. The fourth-order valence-electron chi connectivity index (χ4n) is 3.61. The summed E-state index contributed by atoms with van der Waals surface area (Å²) in [7, 11) is 0. The summed E-state index contributed by atoms with van der Waals surface area (Å²) in [5.41, 5.74) is 4.98. The SMILES string of the molecule is CCCCCCCCNC(=O)Nc1ccc2[nH]c3nc4ccccc4nc3c2c1. The molecule has 0 unspecified atom stereocenters. The van der Waals surface area contributed by atoms with Gasteiger partial charge in [0.05, 0.1) is 11.0 Å². The Balaban J connectivity index is 1.42. The molecule has 0 radical (unpaired) electrons. The maximum Gasteiger partial charge on any atom is 0.319 e. The molecule has 0 bridgehead atoms. The predicted octanol–water partition coefficient (Wildman–Crippen LogP) is 5.75. The summed E-state index contributed by atoms with van der Waals surface area (Å²) in [6.07, 6.45) is 7.25. The number of anilines is 1. The van der Waals surface area contributed by atoms with Gasteiger partial charge in [-0.3, -0.25) is 0 Å². The van der Waals surface area contributed by atoms with Crippen LogP contribution < -0.4 is 10.6 Å². The van der Waals surface area contributed by atoms with Gasteiger partial charge in [0.2, 0.25) is 0 Å². The van der Waals surface area contributed by atoms with Crippen molar-refractivity contribution in [3.63, 3.8) is 0 Å². The second-order valence-electron chi connectivity index (χ2n) is 7.44. The number of hydrogen-bond acceptors (Lipinski definition) is 3. The van der Waals surface area contributed by atoms with Crippen molar-refractivity contribution in [3.8, 4) is 0 Å². The van der Waals surface area contributed by atoms with E-state index in [9.17, 15) is 4.79 Å². The zero-order chi connectivity index (χ0) is 20.1. The number of nitrogens with one attached hydrogen (secondary N) is 3. The Morgan fingerprint density at radius 1 is 0.966 bits per heavy atom. The number of benzene rings is 2. The summed E-state index contributed by atoms with van der Waals surface area (Å²) in [4.78, 5) is 24.9. The van der Waals surface area contributed by atoms with E-state index in [1.807, 2.05) is 42.5 Å². The highest BCUT2D eigenvalue weighted by molar-refractivity contribution is 6.07. The van der Waals surface area contributed by atoms with Crippen molar-refractivity contribution < 1.29 is 4.79 Å². The van der Waals surface area contributed by atoms with Crippen LogP contribution in [0.5, 0.6) is 0 Å². The van der Waals surface area contributed by atoms with Crippen molar-refractivity contribution in [3.05, 3.63) is 42.5 Å². The van der Waals surface area contributed by atoms with Gasteiger partial charge in [0.15, 0.2) is 5.65 Å². The zero-order valence-corrected chi connectivity index (χ0v) is 16.8. The number of rotatable bonds is 8. The highest BCUT2D eigenvalue weighted by Crippen LogP contribution is 2.27. The molecule has 4 rings (SSSR count). The lowest BCUT2D eigenvalue weighted by Gasteiger charge is -2.08. The number of carbonyl (C=O) groups is 1. The van der Waals surface area contributed by atoms with Crippen LogP contribution >= 0.6 is 0 Å². The number of para-hydroxylation sites is 2. The Morgan fingerprint density at radius 2 is 1.72 bits per heavy atom. The smallest absolute Gasteiger partial charge is 0.319 e. The lowest BCUT2D eigenvalue weighted by Crippen LogP contribution is -2.29. The van der Waals surface area contributed by atoms with Gasteiger partial charge in [0, 0.05) is 23.1 Å². The number of nitrogens with zero attached hydrogens (tertiary/aromatic N) is 2. The van der Waals surface area contributed by atoms with Gasteiger partial charge in [0.1, 0.15) is 5.52 Å². The first-order valence-electron chi connectivity index (χ1n) is 10.5. The van der Waals surface area contributed by atoms with Crippen LogP contribution in [-0.4, -0.2) is 27.5 Å². The molecule has 150 valence electrons. The van der Waals surface area contributed by atoms with Crippen molar-refractivity contribution in [2.45, 2.75) is 45.4 Å². The molecule has 6 nitrogen and oxygen atoms in total. The third-order valence-electron chi connectivity index (χ3n) is 5.17. The molecule has 0 aliphatic rings. The zero-order valence-electron chi connectivity index (χ0n) is 16.8. The molecule has 0 saturated carbocycles. The lowest BCUT2D eigenvalue weighted by atomic mass is 10.1. The molecule has 0 saturated heterocycles. The van der Waals surface area contributed by atoms with Crippen LogP contribution in [0.25, 0.3) is 33.1 Å². The monoisotopic (exact) mass is 389 g/mol. The first-order valence-corrected chi connectivity index (χ1v) is 10.5. The summed E-state index contributed by atoms with van der Waals surface area (Å²) in [6.45, 7) is 2.92. The number of fused-ring (bicyclic) bond motifs is 4. The Labute approximate surface area is 170 Å². The largest absolute Gasteiger partial charge is 0.338 e. The predicted molar refractivity (Wildman–Crippen MR) is 119 cm³/mol. The minimum absolute atomic E-state index is 0.172. The van der Waals surface area contributed by atoms with Crippen molar-refractivity contribution in [1.82, 2.24) is 20.3 Å². The van der Waals surface area contributed by atoms with Gasteiger partial charge in [0.25, 0.3) is 0 Å². The van der Waals surface area contributed by atoms with E-state index in [1.54, 1.807) is 0 Å². The standard InChI is InChI=1S/C23H27N5O/c1-2-3-4-5-6-9-14-24-23(29)25-16-12-13-18-17(15-16)21-22(27-18)28-20-11-8-7-10-19(20)26-21/h7-8,10-13,15H,2-6,9,14H2,1H3,(H,27,28)(H2,24,25,29). The molecule has 4 aromatic rings. The molecular weight excluding hydrogens is 362 g/mol. The van der Waals surface area contributed by atoms with Crippen molar-refractivity contribution in [1.29, 1.82) is 0 Å². The third kappa shape index (κ3) is 4.47. The summed E-state index contributed by atoms with van der Waals surface area (Å²) in [5, 5.41) is 6.82. The number of H-pyrrole nitrogens is 1. The van der Waals surface area contributed by atoms with Crippen LogP contribution in [0.15, 0.2) is 42.5 Å². The van der Waals surface area contributed by atoms with E-state index in [4.69, 9.17) is 4.98 Å². The van der Waals surface area contributed by atoms with Crippen LogP contribution in [0.1, 0.15) is 45.4 Å². The van der Waals surface area contributed by atoms with Gasteiger partial charge >= 0.3 is 6.03 Å². The van der Waals surface area contributed by atoms with Crippen LogP contribution in [0.3, 0.4) is 0 Å². The van der Waals surface area contributed by atoms with Crippen molar-refractivity contribution in [2.24, 2.45) is 0 Å². The van der Waals surface area contributed by atoms with Gasteiger partial charge in [-0.2, -0.15) is 0 Å². The number of urea groups is 1. The molecule has 0 atom stereocenters. The molecule has 0 aliphatic heterocycles. The molecule has 0 aliphatic carbocycles. The molecule has 6 heteroatoms. The molecule has 0 spiro atoms. The first-order chi connectivity index (χ1) is 14.2. The molecular formula is C23H27N5O. The highest BCUT2D eigenvalue weighted by atomic mass is 16.2. The summed E-state index contributed by atoms with van der Waals surface area (Å²) < 4.78 is 0. The van der Waals surface area contributed by atoms with E-state index in [0.717, 1.165) is 51.6 Å². The topological polar surface area (TPSA) is 82.7 Å². The Kier molecular flexibility index (Phi) is 5.89. The van der Waals surface area contributed by atoms with E-state index < -0.39 is 0 Å². The first kappa shape index (κ1) is 19.2. The van der Waals surface area contributed by atoms with Gasteiger partial charge in [-0.15, -0.1) is 0 Å². The molecule has 2 heterocycles. The number of unbranched alkanes of at least 4 members (excludes halogenated alkanes) is 5. The number of amides is 2. The molecule has 2 amide bonds. The average Bonchev–Trinajstić information content (AvgIpc) is 3.08. The highest BCUT2D eigenvalue weighted by Gasteiger charge is 2.10. The average molecular weight is 390 g/mol. The van der Waals surface area contributed by atoms with Gasteiger partial charge < -0.3 is 15.6 Å². The Morgan fingerprint density at radius 3 is 2.55 bits per heavy atom. The van der Waals surface area contributed by atoms with Crippen LogP contribution in [0, 0.1) is 0 Å². The van der Waals surface area contributed by atoms with Gasteiger partial charge in [-0.1, -0.05) is 51.2 Å². The molecule has 3 N–H and O–H groups in total. The second kappa shape index (κ2) is 8.90. The van der Waals surface area contributed by atoms with E-state index in [-0.39, 0.29) is 6.03 Å². The van der Waals surface area contributed by atoms with Gasteiger partial charge in [-0.05, 0) is 36.8 Å². The number of hydrogen-bond donors (Lipinski definition) is 3. The second-order valence-corrected chi connectivity index (χ2v) is 7.44. The van der Waals surface area contributed by atoms with Crippen LogP contribution in [0.4, 0.5) is 10.5 Å². The fraction of sp³-hybridized carbons (Fsp3) is 0.348. The van der Waals surface area contributed by atoms with Crippen LogP contribution in [0.2, 0.25) is 0 Å². The van der Waals surface area contributed by atoms with E-state index in [0.29, 0.717) is 6.54 Å². The van der Waals surface area contributed by atoms with E-state index >= 15 is 0 Å². The Hall–Kier alpha value is -3.15. The maximum atomic E-state index is 12.2. The minimum atomic E-state index is -0.172. The van der Waals surface area contributed by atoms with E-state index in [1.165, 1.54) is 25.7 Å². The summed E-state index contributed by atoms with van der Waals surface area (Å²) in [5.74, 6) is 0. The quantitative estimate of drug-likeness (QED) is 0.336. The lowest BCUT2D eigenvalue weighted by molar-refractivity contribution is 0.252. The van der Waals surface area contributed by atoms with Gasteiger partial charge in [-0.25, -0.2) is 14.8 Å². The van der Waals surface area contributed by atoms with Crippen molar-refractivity contribution in [2.75, 3.05) is 11.9 Å². The molecule has 2 aromatic carbocycles. The van der Waals surface area contributed by atoms with Crippen molar-refractivity contribution >= 4 is 44.8 Å². The molecule has 29 heavy (non-hydrogen) atoms. The minimum Gasteiger partial charge on any atom is -0.338 e. The van der Waals surface area contributed by atoms with Crippen LogP contribution in [-0.2, 0) is 0 Å². The molecule has 0 fully saturated rings.